The van der Waals surface area contributed by atoms with E-state index in [9.17, 15) is 0 Å². The lowest BCUT2D eigenvalue weighted by Crippen LogP contribution is -2.06. The van der Waals surface area contributed by atoms with Gasteiger partial charge in [-0.2, -0.15) is 5.21 Å². The lowest BCUT2D eigenvalue weighted by Gasteiger charge is -2.04. The maximum absolute atomic E-state index is 6.10. The summed E-state index contributed by atoms with van der Waals surface area (Å²) in [6.45, 7) is 4.40. The highest BCUT2D eigenvalue weighted by Gasteiger charge is 2.56. The van der Waals surface area contributed by atoms with Crippen LogP contribution >= 0.6 is 0 Å². The van der Waals surface area contributed by atoms with Crippen molar-refractivity contribution in [1.82, 2.24) is 20.6 Å². The van der Waals surface area contributed by atoms with Gasteiger partial charge in [-0.3, -0.25) is 0 Å². The molecule has 2 aromatic rings. The van der Waals surface area contributed by atoms with Crippen LogP contribution in [-0.2, 0) is 0 Å². The topological polar surface area (TPSA) is 80.5 Å². The third-order valence-electron chi connectivity index (χ3n) is 3.76. The van der Waals surface area contributed by atoms with E-state index in [4.69, 9.17) is 5.73 Å². The largest absolute Gasteiger partial charge is 0.327 e. The second kappa shape index (κ2) is 3.37. The second-order valence-electron chi connectivity index (χ2n) is 5.19. The van der Waals surface area contributed by atoms with Gasteiger partial charge in [-0.05, 0) is 22.3 Å². The fourth-order valence-corrected chi connectivity index (χ4v) is 2.47. The summed E-state index contributed by atoms with van der Waals surface area (Å²) in [4.78, 5) is 0. The van der Waals surface area contributed by atoms with Crippen LogP contribution in [0.25, 0.3) is 11.4 Å². The third kappa shape index (κ3) is 1.54. The van der Waals surface area contributed by atoms with Crippen molar-refractivity contribution in [1.29, 1.82) is 0 Å². The zero-order valence-electron chi connectivity index (χ0n) is 9.88. The van der Waals surface area contributed by atoms with E-state index >= 15 is 0 Å². The molecule has 2 unspecified atom stereocenters. The van der Waals surface area contributed by atoms with Crippen LogP contribution in [0.1, 0.15) is 25.3 Å². The Labute approximate surface area is 99.4 Å². The summed E-state index contributed by atoms with van der Waals surface area (Å²) in [5.41, 5.74) is 8.52. The van der Waals surface area contributed by atoms with Crippen LogP contribution < -0.4 is 5.73 Å². The van der Waals surface area contributed by atoms with E-state index in [0.29, 0.717) is 11.7 Å². The normalized spacial score (nSPS) is 25.8. The molecule has 0 saturated heterocycles. The highest BCUT2D eigenvalue weighted by molar-refractivity contribution is 5.56. The predicted molar refractivity (Wildman–Crippen MR) is 64.1 cm³/mol. The molecular formula is C12H15N5. The summed E-state index contributed by atoms with van der Waals surface area (Å²) in [7, 11) is 0. The number of nitrogens with zero attached hydrogens (tertiary/aromatic N) is 3. The van der Waals surface area contributed by atoms with Gasteiger partial charge in [0.2, 0.25) is 5.82 Å². The number of hydrogen-bond donors (Lipinski definition) is 2. The quantitative estimate of drug-likeness (QED) is 0.813. The molecule has 0 aliphatic heterocycles. The van der Waals surface area contributed by atoms with Crippen LogP contribution in [0.5, 0.6) is 0 Å². The third-order valence-corrected chi connectivity index (χ3v) is 3.76. The fourth-order valence-electron chi connectivity index (χ4n) is 2.47. The van der Waals surface area contributed by atoms with Crippen LogP contribution in [0, 0.1) is 5.41 Å². The molecule has 5 nitrogen and oxygen atoms in total. The first-order valence-electron chi connectivity index (χ1n) is 5.70. The number of hydrogen-bond acceptors (Lipinski definition) is 4. The molecule has 0 bridgehead atoms. The van der Waals surface area contributed by atoms with Crippen molar-refractivity contribution in [3.05, 3.63) is 29.8 Å². The van der Waals surface area contributed by atoms with Gasteiger partial charge in [0, 0.05) is 17.5 Å². The molecule has 17 heavy (non-hydrogen) atoms. The zero-order valence-corrected chi connectivity index (χ0v) is 9.88. The highest BCUT2D eigenvalue weighted by atomic mass is 15.5. The average molecular weight is 229 g/mol. The van der Waals surface area contributed by atoms with Gasteiger partial charge in [0.1, 0.15) is 0 Å². The molecule has 5 heteroatoms. The predicted octanol–water partition coefficient (Wildman–Crippen LogP) is 1.32. The van der Waals surface area contributed by atoms with Gasteiger partial charge in [0.05, 0.1) is 0 Å². The molecule has 1 fully saturated rings. The highest BCUT2D eigenvalue weighted by Crippen LogP contribution is 2.57. The van der Waals surface area contributed by atoms with Crippen molar-refractivity contribution < 1.29 is 0 Å². The molecule has 3 N–H and O–H groups in total. The molecule has 1 aromatic carbocycles. The van der Waals surface area contributed by atoms with E-state index in [1.54, 1.807) is 0 Å². The Balaban J connectivity index is 1.96. The SMILES string of the molecule is CC1(C)C(N)C1c1cccc(-c2nn[nH]n2)c1. The Morgan fingerprint density at radius 2 is 2.12 bits per heavy atom. The van der Waals surface area contributed by atoms with Gasteiger partial charge in [-0.25, -0.2) is 0 Å². The average Bonchev–Trinajstić information content (AvgIpc) is 2.76. The van der Waals surface area contributed by atoms with E-state index in [0.717, 1.165) is 5.56 Å². The lowest BCUT2D eigenvalue weighted by molar-refractivity contribution is 0.599. The maximum atomic E-state index is 6.10. The summed E-state index contributed by atoms with van der Waals surface area (Å²) < 4.78 is 0. The summed E-state index contributed by atoms with van der Waals surface area (Å²) in [6, 6.07) is 8.45. The molecule has 0 radical (unpaired) electrons. The summed E-state index contributed by atoms with van der Waals surface area (Å²) in [5, 5.41) is 14.0. The van der Waals surface area contributed by atoms with Crippen molar-refractivity contribution in [3.8, 4) is 11.4 Å². The number of nitrogens with one attached hydrogen (secondary N) is 1. The lowest BCUT2D eigenvalue weighted by atomic mass is 10.0. The molecule has 1 aliphatic rings. The number of H-pyrrole nitrogens is 1. The van der Waals surface area contributed by atoms with Crippen LogP contribution in [0.2, 0.25) is 0 Å². The summed E-state index contributed by atoms with van der Waals surface area (Å²) in [6.07, 6.45) is 0. The zero-order chi connectivity index (χ0) is 12.0. The van der Waals surface area contributed by atoms with Gasteiger partial charge in [-0.15, -0.1) is 10.2 Å². The van der Waals surface area contributed by atoms with Gasteiger partial charge in [0.15, 0.2) is 0 Å². The summed E-state index contributed by atoms with van der Waals surface area (Å²) in [5.74, 6) is 1.05. The molecule has 3 rings (SSSR count). The van der Waals surface area contributed by atoms with E-state index in [-0.39, 0.29) is 11.5 Å². The van der Waals surface area contributed by atoms with Crippen LogP contribution in [-0.4, -0.2) is 26.7 Å². The molecular weight excluding hydrogens is 214 g/mol. The van der Waals surface area contributed by atoms with Crippen LogP contribution in [0.4, 0.5) is 0 Å². The smallest absolute Gasteiger partial charge is 0.204 e. The molecule has 0 spiro atoms. The van der Waals surface area contributed by atoms with E-state index in [1.807, 2.05) is 12.1 Å². The summed E-state index contributed by atoms with van der Waals surface area (Å²) >= 11 is 0. The number of rotatable bonds is 2. The molecule has 1 saturated carbocycles. The number of benzene rings is 1. The first-order chi connectivity index (χ1) is 8.10. The fraction of sp³-hybridized carbons (Fsp3) is 0.417. The monoisotopic (exact) mass is 229 g/mol. The first kappa shape index (κ1) is 10.4. The molecule has 1 aromatic heterocycles. The molecule has 88 valence electrons. The Hall–Kier alpha value is -1.75. The van der Waals surface area contributed by atoms with Gasteiger partial charge in [-0.1, -0.05) is 32.0 Å². The van der Waals surface area contributed by atoms with Crippen molar-refractivity contribution in [3.63, 3.8) is 0 Å². The molecule has 1 heterocycles. The first-order valence-corrected chi connectivity index (χ1v) is 5.70. The van der Waals surface area contributed by atoms with Crippen LogP contribution in [0.3, 0.4) is 0 Å². The molecule has 0 amide bonds. The Kier molecular flexibility index (Phi) is 2.06. The Morgan fingerprint density at radius 1 is 1.35 bits per heavy atom. The van der Waals surface area contributed by atoms with Gasteiger partial charge < -0.3 is 5.73 Å². The van der Waals surface area contributed by atoms with Crippen molar-refractivity contribution >= 4 is 0 Å². The van der Waals surface area contributed by atoms with Gasteiger partial charge in [0.25, 0.3) is 0 Å². The second-order valence-corrected chi connectivity index (χ2v) is 5.19. The number of nitrogens with two attached hydrogens (primary N) is 1. The van der Waals surface area contributed by atoms with Crippen molar-refractivity contribution in [2.24, 2.45) is 11.1 Å². The minimum absolute atomic E-state index is 0.190. The number of aromatic amines is 1. The standard InChI is InChI=1S/C12H15N5/c1-12(2)9(10(12)13)7-4-3-5-8(6-7)11-14-16-17-15-11/h3-6,9-10H,13H2,1-2H3,(H,14,15,16,17). The Morgan fingerprint density at radius 3 is 2.71 bits per heavy atom. The minimum Gasteiger partial charge on any atom is -0.327 e. The number of tetrazole rings is 1. The minimum atomic E-state index is 0.190. The van der Waals surface area contributed by atoms with Crippen molar-refractivity contribution in [2.45, 2.75) is 25.8 Å². The molecule has 2 atom stereocenters. The Bertz CT molecular complexity index is 532. The number of aromatic nitrogens is 4. The van der Waals surface area contributed by atoms with Crippen molar-refractivity contribution in [2.75, 3.05) is 0 Å². The van der Waals surface area contributed by atoms with E-state index < -0.39 is 0 Å². The molecule has 1 aliphatic carbocycles. The maximum Gasteiger partial charge on any atom is 0.204 e. The van der Waals surface area contributed by atoms with E-state index in [1.165, 1.54) is 5.56 Å². The van der Waals surface area contributed by atoms with Gasteiger partial charge >= 0.3 is 0 Å². The van der Waals surface area contributed by atoms with E-state index in [2.05, 4.69) is 46.6 Å². The van der Waals surface area contributed by atoms with Crippen LogP contribution in [0.15, 0.2) is 24.3 Å².